The van der Waals surface area contributed by atoms with Crippen LogP contribution in [0.15, 0.2) is 47.8 Å². The summed E-state index contributed by atoms with van der Waals surface area (Å²) in [6.45, 7) is 6.96. The van der Waals surface area contributed by atoms with Gasteiger partial charge in [-0.1, -0.05) is 54.7 Å². The molecule has 1 aliphatic heterocycles. The molecule has 4 aromatic rings. The number of piperazine rings is 1. The lowest BCUT2D eigenvalue weighted by molar-refractivity contribution is 0.106. The van der Waals surface area contributed by atoms with Gasteiger partial charge in [0.2, 0.25) is 10.8 Å². The summed E-state index contributed by atoms with van der Waals surface area (Å²) in [6, 6.07) is 15.0. The minimum Gasteiger partial charge on any atom is -0.492 e. The quantitative estimate of drug-likeness (QED) is 0.492. The maximum atomic E-state index is 11.0. The molecule has 4 heterocycles. The average Bonchev–Trinajstić information content (AvgIpc) is 3.50. The Kier molecular flexibility index (Phi) is 5.56. The van der Waals surface area contributed by atoms with Gasteiger partial charge in [0.15, 0.2) is 5.82 Å². The zero-order valence-corrected chi connectivity index (χ0v) is 18.6. The van der Waals surface area contributed by atoms with Gasteiger partial charge in [-0.3, -0.25) is 9.80 Å². The first-order valence-electron chi connectivity index (χ1n) is 10.3. The predicted molar refractivity (Wildman–Crippen MR) is 121 cm³/mol. The number of thiazole rings is 1. The van der Waals surface area contributed by atoms with Crippen LogP contribution in [0.1, 0.15) is 34.1 Å². The summed E-state index contributed by atoms with van der Waals surface area (Å²) in [7, 11) is 0. The average molecular weight is 440 g/mol. The van der Waals surface area contributed by atoms with Gasteiger partial charge in [0, 0.05) is 44.0 Å². The molecule has 6 nitrogen and oxygen atoms in total. The fraction of sp³-hybridized carbons (Fsp3) is 0.364. The molecule has 0 bridgehead atoms. The summed E-state index contributed by atoms with van der Waals surface area (Å²) in [5.41, 5.74) is 1.36. The molecule has 1 fully saturated rings. The molecular weight excluding hydrogens is 414 g/mol. The van der Waals surface area contributed by atoms with E-state index < -0.39 is 0 Å². The van der Waals surface area contributed by atoms with E-state index >= 15 is 0 Å². The van der Waals surface area contributed by atoms with E-state index in [-0.39, 0.29) is 11.9 Å². The number of nitrogens with zero attached hydrogens (tertiary/aromatic N) is 5. The molecule has 1 atom stereocenters. The lowest BCUT2D eigenvalue weighted by Gasteiger charge is -2.38. The van der Waals surface area contributed by atoms with Crippen molar-refractivity contribution in [1.29, 1.82) is 0 Å². The van der Waals surface area contributed by atoms with E-state index in [0.717, 1.165) is 54.8 Å². The van der Waals surface area contributed by atoms with Crippen LogP contribution < -0.4 is 0 Å². The van der Waals surface area contributed by atoms with Crippen LogP contribution in [0.4, 0.5) is 0 Å². The van der Waals surface area contributed by atoms with Crippen molar-refractivity contribution >= 4 is 27.6 Å². The molecule has 0 amide bonds. The SMILES string of the molecule is CCc1nc2sc([C@@H](c3cccs3)N3CCN(Cc4ccccc4)CC3)c(O)n2n1. The highest BCUT2D eigenvalue weighted by molar-refractivity contribution is 7.17. The summed E-state index contributed by atoms with van der Waals surface area (Å²) >= 11 is 3.30. The van der Waals surface area contributed by atoms with Crippen molar-refractivity contribution in [3.8, 4) is 5.88 Å². The van der Waals surface area contributed by atoms with Gasteiger partial charge in [-0.25, -0.2) is 4.98 Å². The molecule has 1 aromatic carbocycles. The number of thiophene rings is 1. The molecule has 0 spiro atoms. The van der Waals surface area contributed by atoms with Gasteiger partial charge < -0.3 is 5.11 Å². The Bertz CT molecular complexity index is 1100. The van der Waals surface area contributed by atoms with Gasteiger partial charge in [0.05, 0.1) is 10.9 Å². The highest BCUT2D eigenvalue weighted by Crippen LogP contribution is 2.41. The largest absolute Gasteiger partial charge is 0.492 e. The first-order chi connectivity index (χ1) is 14.7. The monoisotopic (exact) mass is 439 g/mol. The summed E-state index contributed by atoms with van der Waals surface area (Å²) in [5.74, 6) is 0.998. The lowest BCUT2D eigenvalue weighted by Crippen LogP contribution is -2.47. The molecule has 3 aromatic heterocycles. The second kappa shape index (κ2) is 8.47. The number of aryl methyl sites for hydroxylation is 1. The zero-order chi connectivity index (χ0) is 20.5. The van der Waals surface area contributed by atoms with Crippen LogP contribution in [0.3, 0.4) is 0 Å². The van der Waals surface area contributed by atoms with Crippen molar-refractivity contribution in [2.75, 3.05) is 26.2 Å². The van der Waals surface area contributed by atoms with Crippen molar-refractivity contribution in [3.05, 3.63) is 69.0 Å². The summed E-state index contributed by atoms with van der Waals surface area (Å²) < 4.78 is 1.60. The van der Waals surface area contributed by atoms with Crippen LogP contribution >= 0.6 is 22.7 Å². The van der Waals surface area contributed by atoms with Crippen LogP contribution in [0.5, 0.6) is 5.88 Å². The van der Waals surface area contributed by atoms with Crippen LogP contribution in [0.2, 0.25) is 0 Å². The Hall–Kier alpha value is -2.26. The van der Waals surface area contributed by atoms with E-state index in [1.54, 1.807) is 27.2 Å². The second-order valence-electron chi connectivity index (χ2n) is 7.58. The number of hydrogen-bond acceptors (Lipinski definition) is 7. The number of benzene rings is 1. The molecular formula is C22H25N5OS2. The van der Waals surface area contributed by atoms with Crippen molar-refractivity contribution in [2.24, 2.45) is 0 Å². The van der Waals surface area contributed by atoms with Gasteiger partial charge in [-0.05, 0) is 17.0 Å². The van der Waals surface area contributed by atoms with Crippen molar-refractivity contribution in [2.45, 2.75) is 25.9 Å². The van der Waals surface area contributed by atoms with Gasteiger partial charge in [0.1, 0.15) is 0 Å². The molecule has 5 rings (SSSR count). The maximum Gasteiger partial charge on any atom is 0.230 e. The number of hydrogen-bond donors (Lipinski definition) is 1. The minimum atomic E-state index is 0.0439. The standard InChI is InChI=1S/C22H25N5OS2/c1-2-18-23-22-27(24-18)21(28)20(30-22)19(17-9-6-14-29-17)26-12-10-25(11-13-26)15-16-7-4-3-5-8-16/h3-9,14,19,28H,2,10-13,15H2,1H3/t19-/m1/s1. The third-order valence-corrected chi connectivity index (χ3v) is 7.64. The van der Waals surface area contributed by atoms with Crippen molar-refractivity contribution in [1.82, 2.24) is 24.4 Å². The summed E-state index contributed by atoms with van der Waals surface area (Å²) in [5, 5.41) is 17.6. The Morgan fingerprint density at radius 2 is 1.87 bits per heavy atom. The highest BCUT2D eigenvalue weighted by atomic mass is 32.1. The molecule has 1 saturated heterocycles. The van der Waals surface area contributed by atoms with E-state index in [2.05, 4.69) is 67.7 Å². The van der Waals surface area contributed by atoms with Crippen LogP contribution in [0, 0.1) is 0 Å². The van der Waals surface area contributed by atoms with Crippen molar-refractivity contribution in [3.63, 3.8) is 0 Å². The predicted octanol–water partition coefficient (Wildman–Crippen LogP) is 4.03. The lowest BCUT2D eigenvalue weighted by atomic mass is 10.1. The summed E-state index contributed by atoms with van der Waals surface area (Å²) in [4.78, 5) is 12.5. The topological polar surface area (TPSA) is 56.9 Å². The fourth-order valence-electron chi connectivity index (χ4n) is 4.06. The number of fused-ring (bicyclic) bond motifs is 1. The smallest absolute Gasteiger partial charge is 0.230 e. The minimum absolute atomic E-state index is 0.0439. The number of aromatic nitrogens is 3. The van der Waals surface area contributed by atoms with E-state index in [9.17, 15) is 5.11 Å². The molecule has 0 unspecified atom stereocenters. The van der Waals surface area contributed by atoms with E-state index in [4.69, 9.17) is 0 Å². The van der Waals surface area contributed by atoms with Gasteiger partial charge in [-0.2, -0.15) is 4.52 Å². The van der Waals surface area contributed by atoms with Gasteiger partial charge in [-0.15, -0.1) is 16.4 Å². The molecule has 0 radical (unpaired) electrons. The van der Waals surface area contributed by atoms with Crippen LogP contribution in [-0.2, 0) is 13.0 Å². The van der Waals surface area contributed by atoms with E-state index in [0.29, 0.717) is 0 Å². The first-order valence-corrected chi connectivity index (χ1v) is 12.0. The normalized spacial score (nSPS) is 17.0. The molecule has 156 valence electrons. The van der Waals surface area contributed by atoms with E-state index in [1.807, 2.05) is 6.92 Å². The Morgan fingerprint density at radius 1 is 1.07 bits per heavy atom. The molecule has 0 saturated carbocycles. The second-order valence-corrected chi connectivity index (χ2v) is 9.57. The molecule has 8 heteroatoms. The van der Waals surface area contributed by atoms with Crippen LogP contribution in [-0.4, -0.2) is 55.7 Å². The number of aromatic hydroxyl groups is 1. The zero-order valence-electron chi connectivity index (χ0n) is 16.9. The first kappa shape index (κ1) is 19.7. The maximum absolute atomic E-state index is 11.0. The van der Waals surface area contributed by atoms with Gasteiger partial charge in [0.25, 0.3) is 0 Å². The highest BCUT2D eigenvalue weighted by Gasteiger charge is 2.32. The number of rotatable bonds is 6. The molecule has 30 heavy (non-hydrogen) atoms. The van der Waals surface area contributed by atoms with Gasteiger partial charge >= 0.3 is 0 Å². The van der Waals surface area contributed by atoms with E-state index in [1.165, 1.54) is 10.4 Å². The third-order valence-electron chi connectivity index (χ3n) is 5.64. The molecule has 1 aliphatic rings. The Balaban J connectivity index is 1.38. The van der Waals surface area contributed by atoms with Crippen LogP contribution in [0.25, 0.3) is 4.96 Å². The Morgan fingerprint density at radius 3 is 2.53 bits per heavy atom. The molecule has 0 aliphatic carbocycles. The van der Waals surface area contributed by atoms with Crippen molar-refractivity contribution < 1.29 is 5.11 Å². The fourth-order valence-corrected chi connectivity index (χ4v) is 6.13. The summed E-state index contributed by atoms with van der Waals surface area (Å²) in [6.07, 6.45) is 0.765. The third kappa shape index (κ3) is 3.76. The molecule has 1 N–H and O–H groups in total. The Labute approximate surface area is 184 Å².